The fourth-order valence-electron chi connectivity index (χ4n) is 3.13. The van der Waals surface area contributed by atoms with Crippen molar-refractivity contribution in [3.8, 4) is 11.3 Å². The average Bonchev–Trinajstić information content (AvgIpc) is 3.22. The number of carbonyl (C=O) groups is 1. The molecular formula is C22H24F2N4OS. The van der Waals surface area contributed by atoms with Gasteiger partial charge in [-0.1, -0.05) is 36.8 Å². The van der Waals surface area contributed by atoms with Gasteiger partial charge in [-0.3, -0.25) is 9.89 Å². The molecule has 1 aromatic carbocycles. The highest BCUT2D eigenvalue weighted by atomic mass is 32.2. The summed E-state index contributed by atoms with van der Waals surface area (Å²) < 4.78 is 25.4. The Bertz CT molecular complexity index is 949. The molecule has 0 radical (unpaired) electrons. The first-order valence-electron chi connectivity index (χ1n) is 9.79. The van der Waals surface area contributed by atoms with E-state index in [2.05, 4.69) is 21.2 Å². The standard InChI is InChI=1S/C22H24F2N4OS/c1-28(21(29)18-12-8-13-25-20(18)30-22(23)24)14-7-3-6-11-17-15-19(27-26-17)16-9-4-2-5-10-16/h2,4-5,8-10,12-13,15,22H,3,6-7,11,14H2,1H3,(H,26,27). The highest BCUT2D eigenvalue weighted by molar-refractivity contribution is 7.99. The minimum atomic E-state index is -2.61. The van der Waals surface area contributed by atoms with Gasteiger partial charge in [0.25, 0.3) is 11.7 Å². The van der Waals surface area contributed by atoms with Crippen LogP contribution in [0, 0.1) is 0 Å². The summed E-state index contributed by atoms with van der Waals surface area (Å²) in [4.78, 5) is 18.1. The van der Waals surface area contributed by atoms with Gasteiger partial charge in [-0.2, -0.15) is 13.9 Å². The van der Waals surface area contributed by atoms with Crippen molar-refractivity contribution in [1.82, 2.24) is 20.1 Å². The highest BCUT2D eigenvalue weighted by Gasteiger charge is 2.19. The van der Waals surface area contributed by atoms with Crippen LogP contribution in [0.15, 0.2) is 59.8 Å². The monoisotopic (exact) mass is 430 g/mol. The van der Waals surface area contributed by atoms with E-state index in [1.165, 1.54) is 6.20 Å². The molecule has 0 fully saturated rings. The summed E-state index contributed by atoms with van der Waals surface area (Å²) in [5, 5.41) is 7.51. The number of pyridine rings is 1. The molecule has 2 aromatic heterocycles. The third-order valence-corrected chi connectivity index (χ3v) is 5.42. The number of hydrogen-bond donors (Lipinski definition) is 1. The van der Waals surface area contributed by atoms with Crippen molar-refractivity contribution in [2.24, 2.45) is 0 Å². The number of H-pyrrole nitrogens is 1. The number of nitrogens with one attached hydrogen (secondary N) is 1. The number of nitrogens with zero attached hydrogens (tertiary/aromatic N) is 3. The average molecular weight is 431 g/mol. The van der Waals surface area contributed by atoms with Crippen molar-refractivity contribution in [3.63, 3.8) is 0 Å². The molecule has 158 valence electrons. The number of rotatable bonds is 10. The summed E-state index contributed by atoms with van der Waals surface area (Å²) in [6.45, 7) is 0.560. The van der Waals surface area contributed by atoms with Gasteiger partial charge >= 0.3 is 0 Å². The van der Waals surface area contributed by atoms with Crippen LogP contribution in [0.3, 0.4) is 0 Å². The molecule has 1 amide bonds. The lowest BCUT2D eigenvalue weighted by Crippen LogP contribution is -2.28. The molecule has 3 aromatic rings. The first-order valence-corrected chi connectivity index (χ1v) is 10.7. The van der Waals surface area contributed by atoms with Gasteiger partial charge in [-0.05, 0) is 49.2 Å². The largest absolute Gasteiger partial charge is 0.342 e. The third kappa shape index (κ3) is 6.13. The van der Waals surface area contributed by atoms with E-state index < -0.39 is 5.76 Å². The fourth-order valence-corrected chi connectivity index (χ4v) is 3.70. The van der Waals surface area contributed by atoms with E-state index >= 15 is 0 Å². The second kappa shape index (κ2) is 10.9. The van der Waals surface area contributed by atoms with Gasteiger partial charge in [0.1, 0.15) is 5.03 Å². The van der Waals surface area contributed by atoms with Crippen molar-refractivity contribution in [2.75, 3.05) is 13.6 Å². The lowest BCUT2D eigenvalue weighted by Gasteiger charge is -2.18. The van der Waals surface area contributed by atoms with Crippen LogP contribution in [0.1, 0.15) is 35.3 Å². The summed E-state index contributed by atoms with van der Waals surface area (Å²) in [7, 11) is 1.69. The molecule has 0 spiro atoms. The van der Waals surface area contributed by atoms with E-state index in [0.717, 1.165) is 42.6 Å². The van der Waals surface area contributed by atoms with Gasteiger partial charge in [-0.15, -0.1) is 0 Å². The van der Waals surface area contributed by atoms with Crippen LogP contribution in [0.2, 0.25) is 0 Å². The number of thioether (sulfide) groups is 1. The van der Waals surface area contributed by atoms with Crippen molar-refractivity contribution in [1.29, 1.82) is 0 Å². The summed E-state index contributed by atoms with van der Waals surface area (Å²) in [6.07, 6.45) is 5.05. The zero-order chi connectivity index (χ0) is 21.3. The highest BCUT2D eigenvalue weighted by Crippen LogP contribution is 2.27. The first kappa shape index (κ1) is 22.0. The second-order valence-corrected chi connectivity index (χ2v) is 7.90. The zero-order valence-corrected chi connectivity index (χ0v) is 17.5. The Kier molecular flexibility index (Phi) is 7.96. The minimum Gasteiger partial charge on any atom is -0.342 e. The van der Waals surface area contributed by atoms with Crippen LogP contribution in [0.25, 0.3) is 11.3 Å². The van der Waals surface area contributed by atoms with Gasteiger partial charge in [-0.25, -0.2) is 4.98 Å². The van der Waals surface area contributed by atoms with Crippen LogP contribution in [-0.2, 0) is 6.42 Å². The molecular weight excluding hydrogens is 406 g/mol. The number of alkyl halides is 2. The van der Waals surface area contributed by atoms with E-state index in [-0.39, 0.29) is 16.5 Å². The second-order valence-electron chi connectivity index (χ2n) is 6.92. The molecule has 3 rings (SSSR count). The maximum atomic E-state index is 12.7. The Morgan fingerprint density at radius 3 is 2.70 bits per heavy atom. The molecule has 0 aliphatic rings. The zero-order valence-electron chi connectivity index (χ0n) is 16.7. The van der Waals surface area contributed by atoms with Crippen molar-refractivity contribution >= 4 is 17.7 Å². The molecule has 0 aliphatic heterocycles. The summed E-state index contributed by atoms with van der Waals surface area (Å²) >= 11 is 0.299. The molecule has 30 heavy (non-hydrogen) atoms. The van der Waals surface area contributed by atoms with Gasteiger partial charge in [0, 0.05) is 31.0 Å². The van der Waals surface area contributed by atoms with E-state index in [9.17, 15) is 13.6 Å². The number of amides is 1. The van der Waals surface area contributed by atoms with Crippen LogP contribution in [-0.4, -0.2) is 45.3 Å². The Balaban J connectivity index is 1.43. The predicted molar refractivity (Wildman–Crippen MR) is 115 cm³/mol. The SMILES string of the molecule is CN(CCCCCc1cc(-c2ccccc2)n[nH]1)C(=O)c1cccnc1SC(F)F. The smallest absolute Gasteiger partial charge is 0.290 e. The van der Waals surface area contributed by atoms with E-state index in [4.69, 9.17) is 0 Å². The summed E-state index contributed by atoms with van der Waals surface area (Å²) in [5.74, 6) is -2.89. The van der Waals surface area contributed by atoms with E-state index in [0.29, 0.717) is 18.3 Å². The molecule has 5 nitrogen and oxygen atoms in total. The predicted octanol–water partition coefficient (Wildman–Crippen LogP) is 5.27. The Hall–Kier alpha value is -2.74. The number of aromatic amines is 1. The number of carbonyl (C=O) groups excluding carboxylic acids is 1. The molecule has 0 saturated heterocycles. The van der Waals surface area contributed by atoms with E-state index in [1.807, 2.05) is 30.3 Å². The molecule has 0 bridgehead atoms. The quantitative estimate of drug-likeness (QED) is 0.352. The molecule has 0 atom stereocenters. The normalized spacial score (nSPS) is 11.1. The molecule has 0 unspecified atom stereocenters. The Labute approximate surface area is 178 Å². The Morgan fingerprint density at radius 2 is 1.93 bits per heavy atom. The van der Waals surface area contributed by atoms with Crippen LogP contribution >= 0.6 is 11.8 Å². The third-order valence-electron chi connectivity index (χ3n) is 4.69. The van der Waals surface area contributed by atoms with E-state index in [1.54, 1.807) is 24.1 Å². The minimum absolute atomic E-state index is 0.0674. The molecule has 0 aliphatic carbocycles. The van der Waals surface area contributed by atoms with Gasteiger partial charge in [0.15, 0.2) is 0 Å². The summed E-state index contributed by atoms with van der Waals surface area (Å²) in [5.41, 5.74) is 3.32. The summed E-state index contributed by atoms with van der Waals surface area (Å²) in [6, 6.07) is 15.2. The number of aromatic nitrogens is 3. The number of benzene rings is 1. The molecule has 2 heterocycles. The molecule has 8 heteroatoms. The maximum Gasteiger partial charge on any atom is 0.290 e. The number of aryl methyl sites for hydroxylation is 1. The van der Waals surface area contributed by atoms with Crippen molar-refractivity contribution < 1.29 is 13.6 Å². The number of unbranched alkanes of at least 4 members (excludes halogenated alkanes) is 2. The molecule has 1 N–H and O–H groups in total. The Morgan fingerprint density at radius 1 is 1.13 bits per heavy atom. The van der Waals surface area contributed by atoms with Crippen LogP contribution in [0.5, 0.6) is 0 Å². The molecule has 0 saturated carbocycles. The van der Waals surface area contributed by atoms with Crippen LogP contribution in [0.4, 0.5) is 8.78 Å². The van der Waals surface area contributed by atoms with Gasteiger partial charge < -0.3 is 4.90 Å². The maximum absolute atomic E-state index is 12.7. The first-order chi connectivity index (χ1) is 14.5. The van der Waals surface area contributed by atoms with Crippen LogP contribution < -0.4 is 0 Å². The fraction of sp³-hybridized carbons (Fsp3) is 0.318. The van der Waals surface area contributed by atoms with Gasteiger partial charge in [0.05, 0.1) is 11.3 Å². The number of hydrogen-bond acceptors (Lipinski definition) is 4. The van der Waals surface area contributed by atoms with Crippen molar-refractivity contribution in [2.45, 2.75) is 36.5 Å². The lowest BCUT2D eigenvalue weighted by atomic mass is 10.1. The topological polar surface area (TPSA) is 61.9 Å². The lowest BCUT2D eigenvalue weighted by molar-refractivity contribution is 0.0788. The van der Waals surface area contributed by atoms with Gasteiger partial charge in [0.2, 0.25) is 0 Å². The number of halogens is 2. The van der Waals surface area contributed by atoms with Crippen molar-refractivity contribution in [3.05, 3.63) is 66.0 Å².